The average molecular weight is 295 g/mol. The second-order valence-corrected chi connectivity index (χ2v) is 5.50. The van der Waals surface area contributed by atoms with Gasteiger partial charge in [-0.25, -0.2) is 0 Å². The van der Waals surface area contributed by atoms with E-state index in [2.05, 4.69) is 10.2 Å². The summed E-state index contributed by atoms with van der Waals surface area (Å²) in [5, 5.41) is 12.1. The van der Waals surface area contributed by atoms with Gasteiger partial charge in [-0.2, -0.15) is 13.2 Å². The lowest BCUT2D eigenvalue weighted by Crippen LogP contribution is -2.57. The van der Waals surface area contributed by atoms with Crippen molar-refractivity contribution in [2.75, 3.05) is 26.8 Å². The molecule has 2 N–H and O–H groups in total. The summed E-state index contributed by atoms with van der Waals surface area (Å²) in [6.07, 6.45) is -6.53. The predicted molar refractivity (Wildman–Crippen MR) is 65.8 cm³/mol. The van der Waals surface area contributed by atoms with Crippen LogP contribution in [-0.4, -0.2) is 72.0 Å². The van der Waals surface area contributed by atoms with E-state index in [0.717, 1.165) is 12.8 Å². The molecule has 2 bridgehead atoms. The van der Waals surface area contributed by atoms with Gasteiger partial charge in [0.05, 0.1) is 6.42 Å². The molecule has 2 saturated heterocycles. The Bertz CT molecular complexity index is 350. The van der Waals surface area contributed by atoms with Gasteiger partial charge >= 0.3 is 6.18 Å². The molecule has 2 rings (SSSR count). The van der Waals surface area contributed by atoms with Crippen LogP contribution in [0.3, 0.4) is 0 Å². The molecule has 2 aliphatic heterocycles. The van der Waals surface area contributed by atoms with E-state index in [1.165, 1.54) is 0 Å². The van der Waals surface area contributed by atoms with Crippen molar-refractivity contribution in [2.45, 2.75) is 43.6 Å². The summed E-state index contributed by atoms with van der Waals surface area (Å²) in [5.74, 6) is -0.591. The minimum absolute atomic E-state index is 0.0324. The molecular weight excluding hydrogens is 275 g/mol. The molecule has 5 nitrogen and oxygen atoms in total. The second kappa shape index (κ2) is 5.87. The number of nitrogens with zero attached hydrogens (tertiary/aromatic N) is 2. The van der Waals surface area contributed by atoms with Gasteiger partial charge in [-0.1, -0.05) is 0 Å². The van der Waals surface area contributed by atoms with Gasteiger partial charge in [-0.15, -0.1) is 0 Å². The Hall–Kier alpha value is -0.860. The number of aliphatic hydroxyl groups excluding tert-OH is 1. The van der Waals surface area contributed by atoms with Crippen LogP contribution in [0, 0.1) is 0 Å². The van der Waals surface area contributed by atoms with Crippen molar-refractivity contribution in [1.82, 2.24) is 15.1 Å². The third kappa shape index (κ3) is 3.24. The van der Waals surface area contributed by atoms with E-state index >= 15 is 0 Å². The Morgan fingerprint density at radius 1 is 1.35 bits per heavy atom. The normalized spacial score (nSPS) is 28.8. The lowest BCUT2D eigenvalue weighted by molar-refractivity contribution is -0.208. The Labute approximate surface area is 115 Å². The van der Waals surface area contributed by atoms with Gasteiger partial charge in [0.1, 0.15) is 0 Å². The van der Waals surface area contributed by atoms with Gasteiger partial charge in [0.25, 0.3) is 0 Å². The highest BCUT2D eigenvalue weighted by atomic mass is 19.4. The summed E-state index contributed by atoms with van der Waals surface area (Å²) in [7, 11) is 1.83. The van der Waals surface area contributed by atoms with Crippen LogP contribution in [0.1, 0.15) is 19.3 Å². The highest BCUT2D eigenvalue weighted by Crippen LogP contribution is 2.32. The zero-order chi connectivity index (χ0) is 14.9. The lowest BCUT2D eigenvalue weighted by Gasteiger charge is -2.41. The fourth-order valence-electron chi connectivity index (χ4n) is 3.14. The molecule has 3 unspecified atom stereocenters. The van der Waals surface area contributed by atoms with Crippen LogP contribution in [0.25, 0.3) is 0 Å². The highest BCUT2D eigenvalue weighted by Gasteiger charge is 2.45. The van der Waals surface area contributed by atoms with E-state index in [1.807, 2.05) is 7.05 Å². The fraction of sp³-hybridized carbons (Fsp3) is 0.917. The molecule has 116 valence electrons. The zero-order valence-electron chi connectivity index (χ0n) is 11.4. The number of carbonyl (C=O) groups excluding carboxylic acids is 1. The van der Waals surface area contributed by atoms with Gasteiger partial charge in [0, 0.05) is 31.8 Å². The molecular formula is C12H20F3N3O2. The maximum Gasteiger partial charge on any atom is 0.414 e. The number of carbonyl (C=O) groups is 1. The molecule has 0 saturated carbocycles. The van der Waals surface area contributed by atoms with E-state index in [1.54, 1.807) is 4.90 Å². The summed E-state index contributed by atoms with van der Waals surface area (Å²) in [6, 6.07) is -0.0648. The number of hydrogen-bond acceptors (Lipinski definition) is 4. The molecule has 8 heteroatoms. The fourth-order valence-corrected chi connectivity index (χ4v) is 3.14. The van der Waals surface area contributed by atoms with E-state index < -0.39 is 24.6 Å². The Kier molecular flexibility index (Phi) is 4.55. The van der Waals surface area contributed by atoms with Crippen LogP contribution in [0.2, 0.25) is 0 Å². The number of likely N-dealkylation sites (tertiary alicyclic amines) is 1. The topological polar surface area (TPSA) is 55.8 Å². The van der Waals surface area contributed by atoms with E-state index in [9.17, 15) is 18.0 Å². The largest absolute Gasteiger partial charge is 0.414 e. The number of amides is 1. The van der Waals surface area contributed by atoms with Crippen molar-refractivity contribution in [1.29, 1.82) is 0 Å². The first-order valence-electron chi connectivity index (χ1n) is 6.75. The molecule has 2 aliphatic rings. The van der Waals surface area contributed by atoms with Gasteiger partial charge in [0.15, 0.2) is 6.10 Å². The number of piperazine rings is 1. The van der Waals surface area contributed by atoms with Gasteiger partial charge < -0.3 is 15.3 Å². The van der Waals surface area contributed by atoms with Crippen LogP contribution in [0.4, 0.5) is 13.2 Å². The van der Waals surface area contributed by atoms with Crippen LogP contribution in [0.5, 0.6) is 0 Å². The number of nitrogens with one attached hydrogen (secondary N) is 1. The first-order chi connectivity index (χ1) is 9.32. The molecule has 0 radical (unpaired) electrons. The van der Waals surface area contributed by atoms with E-state index in [-0.39, 0.29) is 12.1 Å². The molecule has 3 atom stereocenters. The van der Waals surface area contributed by atoms with Crippen LogP contribution in [0.15, 0.2) is 0 Å². The zero-order valence-corrected chi connectivity index (χ0v) is 11.4. The summed E-state index contributed by atoms with van der Waals surface area (Å²) in [6.45, 7) is 2.05. The molecule has 0 aliphatic carbocycles. The van der Waals surface area contributed by atoms with Crippen LogP contribution in [-0.2, 0) is 4.79 Å². The Morgan fingerprint density at radius 2 is 1.90 bits per heavy atom. The number of alkyl halides is 3. The van der Waals surface area contributed by atoms with Crippen molar-refractivity contribution in [2.24, 2.45) is 0 Å². The number of fused-ring (bicyclic) bond motifs is 2. The standard InChI is InChI=1S/C12H20F3N3O2/c1-16-7-17-5-8-2-3-9(6-17)18(8)11(20)4-10(19)12(13,14)15/h8-10,16,19H,2-7H2,1H3. The van der Waals surface area contributed by atoms with Gasteiger partial charge in [-0.3, -0.25) is 9.69 Å². The maximum absolute atomic E-state index is 12.3. The Morgan fingerprint density at radius 3 is 2.35 bits per heavy atom. The number of halogens is 3. The van der Waals surface area contributed by atoms with Crippen molar-refractivity contribution in [3.63, 3.8) is 0 Å². The predicted octanol–water partition coefficient (Wildman–Crippen LogP) is 0.152. The first-order valence-corrected chi connectivity index (χ1v) is 6.75. The minimum atomic E-state index is -4.73. The van der Waals surface area contributed by atoms with E-state index in [0.29, 0.717) is 19.8 Å². The molecule has 2 heterocycles. The SMILES string of the molecule is CNCN1CC2CCC(C1)N2C(=O)CC(O)C(F)(F)F. The minimum Gasteiger partial charge on any atom is -0.383 e. The highest BCUT2D eigenvalue weighted by molar-refractivity contribution is 5.78. The number of hydrogen-bond donors (Lipinski definition) is 2. The van der Waals surface area contributed by atoms with Gasteiger partial charge in [-0.05, 0) is 19.9 Å². The molecule has 0 aromatic rings. The van der Waals surface area contributed by atoms with Crippen molar-refractivity contribution in [3.8, 4) is 0 Å². The summed E-state index contributed by atoms with van der Waals surface area (Å²) >= 11 is 0. The molecule has 20 heavy (non-hydrogen) atoms. The number of rotatable bonds is 4. The van der Waals surface area contributed by atoms with Crippen LogP contribution >= 0.6 is 0 Å². The number of aliphatic hydroxyl groups is 1. The summed E-state index contributed by atoms with van der Waals surface area (Å²) in [5.41, 5.74) is 0. The third-order valence-electron chi connectivity index (χ3n) is 3.97. The molecule has 0 aromatic heterocycles. The van der Waals surface area contributed by atoms with Crippen molar-refractivity contribution >= 4 is 5.91 Å². The first kappa shape index (κ1) is 15.5. The smallest absolute Gasteiger partial charge is 0.383 e. The van der Waals surface area contributed by atoms with Crippen molar-refractivity contribution < 1.29 is 23.1 Å². The molecule has 0 aromatic carbocycles. The van der Waals surface area contributed by atoms with Gasteiger partial charge in [0.2, 0.25) is 5.91 Å². The lowest BCUT2D eigenvalue weighted by atomic mass is 10.1. The van der Waals surface area contributed by atoms with Crippen molar-refractivity contribution in [3.05, 3.63) is 0 Å². The molecule has 1 amide bonds. The van der Waals surface area contributed by atoms with Crippen LogP contribution < -0.4 is 5.32 Å². The summed E-state index contributed by atoms with van der Waals surface area (Å²) < 4.78 is 36.9. The maximum atomic E-state index is 12.3. The second-order valence-electron chi connectivity index (χ2n) is 5.50. The Balaban J connectivity index is 1.95. The molecule has 0 spiro atoms. The quantitative estimate of drug-likeness (QED) is 0.775. The molecule has 2 fully saturated rings. The summed E-state index contributed by atoms with van der Waals surface area (Å²) in [4.78, 5) is 15.7. The average Bonchev–Trinajstić information content (AvgIpc) is 2.60. The monoisotopic (exact) mass is 295 g/mol. The van der Waals surface area contributed by atoms with E-state index in [4.69, 9.17) is 5.11 Å². The third-order valence-corrected chi connectivity index (χ3v) is 3.97.